The second kappa shape index (κ2) is 9.65. The van der Waals surface area contributed by atoms with Gasteiger partial charge in [-0.15, -0.1) is 0 Å². The van der Waals surface area contributed by atoms with Crippen LogP contribution in [-0.4, -0.2) is 38.2 Å². The van der Waals surface area contributed by atoms with Crippen molar-refractivity contribution >= 4 is 27.8 Å². The van der Waals surface area contributed by atoms with Gasteiger partial charge in [0, 0.05) is 6.04 Å². The van der Waals surface area contributed by atoms with E-state index >= 15 is 0 Å². The number of hydrogen-bond donors (Lipinski definition) is 1. The molecule has 1 aliphatic carbocycles. The van der Waals surface area contributed by atoms with Gasteiger partial charge < -0.3 is 19.5 Å². The zero-order valence-electron chi connectivity index (χ0n) is 14.6. The molecule has 0 spiro atoms. The lowest BCUT2D eigenvalue weighted by molar-refractivity contribution is -0.124. The molecule has 1 aromatic carbocycles. The van der Waals surface area contributed by atoms with E-state index in [-0.39, 0.29) is 18.6 Å². The van der Waals surface area contributed by atoms with E-state index in [9.17, 15) is 9.59 Å². The zero-order chi connectivity index (χ0) is 18.2. The van der Waals surface area contributed by atoms with Gasteiger partial charge in [0.15, 0.2) is 18.1 Å². The molecular formula is C18H24BrNO5. The van der Waals surface area contributed by atoms with Gasteiger partial charge in [0.25, 0.3) is 5.91 Å². The van der Waals surface area contributed by atoms with Crippen molar-refractivity contribution in [1.82, 2.24) is 5.32 Å². The minimum atomic E-state index is -0.581. The molecule has 25 heavy (non-hydrogen) atoms. The van der Waals surface area contributed by atoms with E-state index in [1.165, 1.54) is 7.11 Å². The van der Waals surface area contributed by atoms with E-state index in [2.05, 4.69) is 21.2 Å². The van der Waals surface area contributed by atoms with Crippen LogP contribution in [0.2, 0.25) is 0 Å². The molecule has 0 bridgehead atoms. The third-order valence-electron chi connectivity index (χ3n) is 3.97. The molecule has 7 heteroatoms. The number of halogens is 1. The van der Waals surface area contributed by atoms with E-state index in [0.717, 1.165) is 32.1 Å². The standard InChI is InChI=1S/C18H24BrNO5/c1-3-8-24-17-14(19)9-12(10-15(17)23-2)18(22)25-11-16(21)20-13-6-4-5-7-13/h9-10,13H,3-8,11H2,1-2H3,(H,20,21). The van der Waals surface area contributed by atoms with Crippen molar-refractivity contribution in [3.63, 3.8) is 0 Å². The lowest BCUT2D eigenvalue weighted by Gasteiger charge is -2.14. The smallest absolute Gasteiger partial charge is 0.338 e. The zero-order valence-corrected chi connectivity index (χ0v) is 16.2. The van der Waals surface area contributed by atoms with Gasteiger partial charge in [-0.2, -0.15) is 0 Å². The number of carbonyl (C=O) groups excluding carboxylic acids is 2. The molecule has 0 aromatic heterocycles. The fourth-order valence-corrected chi connectivity index (χ4v) is 3.29. The Balaban J connectivity index is 1.96. The lowest BCUT2D eigenvalue weighted by atomic mass is 10.2. The molecule has 1 fully saturated rings. The van der Waals surface area contributed by atoms with Crippen LogP contribution in [0, 0.1) is 0 Å². The molecule has 1 aliphatic rings. The average Bonchev–Trinajstić information content (AvgIpc) is 3.10. The molecule has 0 radical (unpaired) electrons. The number of carbonyl (C=O) groups is 2. The van der Waals surface area contributed by atoms with Gasteiger partial charge in [0.2, 0.25) is 0 Å². The summed E-state index contributed by atoms with van der Waals surface area (Å²) in [7, 11) is 1.50. The normalized spacial score (nSPS) is 14.2. The maximum atomic E-state index is 12.2. The summed E-state index contributed by atoms with van der Waals surface area (Å²) in [6.45, 7) is 2.26. The van der Waals surface area contributed by atoms with Crippen LogP contribution in [0.15, 0.2) is 16.6 Å². The average molecular weight is 414 g/mol. The molecule has 1 N–H and O–H groups in total. The number of benzene rings is 1. The molecule has 138 valence electrons. The summed E-state index contributed by atoms with van der Waals surface area (Å²) in [5, 5.41) is 2.88. The fourth-order valence-electron chi connectivity index (χ4n) is 2.74. The van der Waals surface area contributed by atoms with Crippen LogP contribution >= 0.6 is 15.9 Å². The van der Waals surface area contributed by atoms with Gasteiger partial charge in [0.1, 0.15) is 0 Å². The Kier molecular flexibility index (Phi) is 7.55. The van der Waals surface area contributed by atoms with Crippen molar-refractivity contribution < 1.29 is 23.8 Å². The second-order valence-corrected chi connectivity index (χ2v) is 6.82. The molecule has 2 rings (SSSR count). The largest absolute Gasteiger partial charge is 0.493 e. The fraction of sp³-hybridized carbons (Fsp3) is 0.556. The summed E-state index contributed by atoms with van der Waals surface area (Å²) in [6.07, 6.45) is 5.09. The Morgan fingerprint density at radius 3 is 2.64 bits per heavy atom. The van der Waals surface area contributed by atoms with Crippen LogP contribution in [0.3, 0.4) is 0 Å². The van der Waals surface area contributed by atoms with Gasteiger partial charge in [-0.25, -0.2) is 4.79 Å². The molecule has 0 atom stereocenters. The van der Waals surface area contributed by atoms with Gasteiger partial charge in [-0.05, 0) is 47.3 Å². The van der Waals surface area contributed by atoms with E-state index in [1.807, 2.05) is 6.92 Å². The summed E-state index contributed by atoms with van der Waals surface area (Å²) in [5.41, 5.74) is 0.293. The molecule has 1 amide bonds. The first-order valence-corrected chi connectivity index (χ1v) is 9.31. The number of hydrogen-bond acceptors (Lipinski definition) is 5. The van der Waals surface area contributed by atoms with Crippen molar-refractivity contribution in [2.45, 2.75) is 45.1 Å². The molecule has 0 saturated heterocycles. The first-order valence-electron chi connectivity index (χ1n) is 8.52. The Morgan fingerprint density at radius 1 is 1.28 bits per heavy atom. The number of nitrogens with one attached hydrogen (secondary N) is 1. The van der Waals surface area contributed by atoms with Crippen LogP contribution in [0.5, 0.6) is 11.5 Å². The van der Waals surface area contributed by atoms with E-state index in [1.54, 1.807) is 12.1 Å². The molecule has 1 saturated carbocycles. The SMILES string of the molecule is CCCOc1c(Br)cc(C(=O)OCC(=O)NC2CCCC2)cc1OC. The highest BCUT2D eigenvalue weighted by molar-refractivity contribution is 9.10. The molecular weight excluding hydrogens is 390 g/mol. The first kappa shape index (κ1) is 19.6. The highest BCUT2D eigenvalue weighted by atomic mass is 79.9. The maximum absolute atomic E-state index is 12.2. The van der Waals surface area contributed by atoms with Gasteiger partial charge >= 0.3 is 5.97 Å². The van der Waals surface area contributed by atoms with Gasteiger partial charge in [-0.1, -0.05) is 19.8 Å². The number of rotatable bonds is 8. The molecule has 0 unspecified atom stereocenters. The third-order valence-corrected chi connectivity index (χ3v) is 4.56. The Hall–Kier alpha value is -1.76. The van der Waals surface area contributed by atoms with Crippen molar-refractivity contribution in [3.8, 4) is 11.5 Å². The van der Waals surface area contributed by atoms with E-state index in [0.29, 0.717) is 28.1 Å². The molecule has 6 nitrogen and oxygen atoms in total. The predicted molar refractivity (Wildman–Crippen MR) is 97.2 cm³/mol. The first-order chi connectivity index (χ1) is 12.0. The summed E-state index contributed by atoms with van der Waals surface area (Å²) >= 11 is 3.38. The van der Waals surface area contributed by atoms with Crippen LogP contribution < -0.4 is 14.8 Å². The number of methoxy groups -OCH3 is 1. The minimum Gasteiger partial charge on any atom is -0.493 e. The summed E-state index contributed by atoms with van der Waals surface area (Å²) < 4.78 is 16.6. The highest BCUT2D eigenvalue weighted by Crippen LogP contribution is 2.37. The third kappa shape index (κ3) is 5.63. The Morgan fingerprint density at radius 2 is 2.00 bits per heavy atom. The summed E-state index contributed by atoms with van der Waals surface area (Å²) in [6, 6.07) is 3.35. The summed E-state index contributed by atoms with van der Waals surface area (Å²) in [4.78, 5) is 24.1. The second-order valence-electron chi connectivity index (χ2n) is 5.96. The highest BCUT2D eigenvalue weighted by Gasteiger charge is 2.20. The van der Waals surface area contributed by atoms with Crippen LogP contribution in [-0.2, 0) is 9.53 Å². The molecule has 1 aromatic rings. The maximum Gasteiger partial charge on any atom is 0.338 e. The lowest BCUT2D eigenvalue weighted by Crippen LogP contribution is -2.35. The predicted octanol–water partition coefficient (Wildman–Crippen LogP) is 3.46. The minimum absolute atomic E-state index is 0.204. The Labute approximate surface area is 156 Å². The van der Waals surface area contributed by atoms with Crippen molar-refractivity contribution in [2.24, 2.45) is 0 Å². The number of amides is 1. The van der Waals surface area contributed by atoms with Crippen LogP contribution in [0.4, 0.5) is 0 Å². The van der Waals surface area contributed by atoms with E-state index in [4.69, 9.17) is 14.2 Å². The van der Waals surface area contributed by atoms with Crippen molar-refractivity contribution in [3.05, 3.63) is 22.2 Å². The summed E-state index contributed by atoms with van der Waals surface area (Å²) in [5.74, 6) is 0.127. The molecule has 0 heterocycles. The Bertz CT molecular complexity index is 614. The number of ether oxygens (including phenoxy) is 3. The van der Waals surface area contributed by atoms with Crippen molar-refractivity contribution in [2.75, 3.05) is 20.3 Å². The van der Waals surface area contributed by atoms with Gasteiger partial charge in [0.05, 0.1) is 23.8 Å². The molecule has 0 aliphatic heterocycles. The van der Waals surface area contributed by atoms with Gasteiger partial charge in [-0.3, -0.25) is 4.79 Å². The monoisotopic (exact) mass is 413 g/mol. The number of esters is 1. The van der Waals surface area contributed by atoms with Crippen LogP contribution in [0.1, 0.15) is 49.4 Å². The van der Waals surface area contributed by atoms with E-state index < -0.39 is 5.97 Å². The van der Waals surface area contributed by atoms with Crippen LogP contribution in [0.25, 0.3) is 0 Å². The quantitative estimate of drug-likeness (QED) is 0.660. The van der Waals surface area contributed by atoms with Crippen molar-refractivity contribution in [1.29, 1.82) is 0 Å². The topological polar surface area (TPSA) is 73.9 Å².